The number of halogens is 5. The maximum Gasteiger partial charge on any atom is 0.445 e. The lowest BCUT2D eigenvalue weighted by atomic mass is 10.4. The largest absolute Gasteiger partial charge is 0.445 e. The molecule has 0 atom stereocenters. The molecule has 0 aliphatic rings. The van der Waals surface area contributed by atoms with Crippen LogP contribution in [-0.2, 0) is 0 Å². The quantitative estimate of drug-likeness (QED) is 0.581. The fourth-order valence-electron chi connectivity index (χ4n) is 0.223. The first-order valence-electron chi connectivity index (χ1n) is 2.11. The zero-order valence-corrected chi connectivity index (χ0v) is 4.54. The molecule has 0 fully saturated rings. The monoisotopic (exact) mass is 162 g/mol. The van der Waals surface area contributed by atoms with Crippen molar-refractivity contribution in [2.24, 2.45) is 0 Å². The molecular formula is C4H3F5O. The van der Waals surface area contributed by atoms with E-state index in [1.165, 1.54) is 0 Å². The van der Waals surface area contributed by atoms with Gasteiger partial charge < -0.3 is 5.11 Å². The minimum absolute atomic E-state index is 1.58. The van der Waals surface area contributed by atoms with E-state index in [1.807, 2.05) is 0 Å². The van der Waals surface area contributed by atoms with Gasteiger partial charge in [-0.25, -0.2) is 4.39 Å². The second-order valence-corrected chi connectivity index (χ2v) is 1.37. The summed E-state index contributed by atoms with van der Waals surface area (Å²) in [5.74, 6) is -5.08. The van der Waals surface area contributed by atoms with Crippen LogP contribution >= 0.6 is 0 Å². The zero-order chi connectivity index (χ0) is 8.36. The number of aliphatic hydroxyl groups excluding tert-OH is 1. The van der Waals surface area contributed by atoms with Gasteiger partial charge in [0.2, 0.25) is 5.83 Å². The van der Waals surface area contributed by atoms with E-state index in [2.05, 4.69) is 0 Å². The maximum atomic E-state index is 11.6. The van der Waals surface area contributed by atoms with E-state index in [4.69, 9.17) is 5.11 Å². The zero-order valence-electron chi connectivity index (χ0n) is 4.54. The molecule has 0 amide bonds. The van der Waals surface area contributed by atoms with Gasteiger partial charge in [0.1, 0.15) is 0 Å². The van der Waals surface area contributed by atoms with Gasteiger partial charge in [0.15, 0.2) is 5.83 Å². The van der Waals surface area contributed by atoms with Crippen molar-refractivity contribution in [3.05, 3.63) is 11.7 Å². The van der Waals surface area contributed by atoms with E-state index in [0.29, 0.717) is 0 Å². The van der Waals surface area contributed by atoms with E-state index in [-0.39, 0.29) is 0 Å². The molecular weight excluding hydrogens is 159 g/mol. The molecule has 1 N–H and O–H groups in total. The summed E-state index contributed by atoms with van der Waals surface area (Å²) in [6, 6.07) is 0. The van der Waals surface area contributed by atoms with Crippen LogP contribution < -0.4 is 0 Å². The normalized spacial score (nSPS) is 15.0. The summed E-state index contributed by atoms with van der Waals surface area (Å²) in [5.41, 5.74) is 0. The Hall–Kier alpha value is -0.650. The van der Waals surface area contributed by atoms with Crippen LogP contribution in [0.3, 0.4) is 0 Å². The summed E-state index contributed by atoms with van der Waals surface area (Å²) in [4.78, 5) is 0. The molecule has 0 aliphatic heterocycles. The molecule has 0 radical (unpaired) electrons. The third-order valence-corrected chi connectivity index (χ3v) is 0.626. The van der Waals surface area contributed by atoms with Gasteiger partial charge in [0, 0.05) is 0 Å². The smallest absolute Gasteiger partial charge is 0.389 e. The van der Waals surface area contributed by atoms with Crippen molar-refractivity contribution in [2.75, 3.05) is 6.61 Å². The highest BCUT2D eigenvalue weighted by Crippen LogP contribution is 2.29. The Kier molecular flexibility index (Phi) is 2.77. The van der Waals surface area contributed by atoms with E-state index in [0.717, 1.165) is 0 Å². The van der Waals surface area contributed by atoms with Gasteiger partial charge in [-0.2, -0.15) is 17.6 Å². The Morgan fingerprint density at radius 1 is 1.20 bits per heavy atom. The van der Waals surface area contributed by atoms with Crippen molar-refractivity contribution in [1.82, 2.24) is 0 Å². The Bertz CT molecular complexity index is 146. The number of aliphatic hydroxyl groups is 1. The van der Waals surface area contributed by atoms with Gasteiger partial charge in [-0.05, 0) is 0 Å². The highest BCUT2D eigenvalue weighted by Gasteiger charge is 2.37. The standard InChI is InChI=1S/C4H3F5O/c5-2(1-10)3(6)4(7,8)9/h10H,1H2/b3-2+. The first-order chi connectivity index (χ1) is 4.39. The lowest BCUT2D eigenvalue weighted by molar-refractivity contribution is -0.111. The first kappa shape index (κ1) is 9.35. The number of alkyl halides is 3. The molecule has 0 saturated heterocycles. The predicted octanol–water partition coefficient (Wildman–Crippen LogP) is 1.69. The van der Waals surface area contributed by atoms with Crippen molar-refractivity contribution in [2.45, 2.75) is 6.18 Å². The van der Waals surface area contributed by atoms with E-state index in [9.17, 15) is 22.0 Å². The Balaban J connectivity index is 4.47. The highest BCUT2D eigenvalue weighted by molar-refractivity contribution is 5.05. The number of allylic oxidation sites excluding steroid dienone is 1. The fourth-order valence-corrected chi connectivity index (χ4v) is 0.223. The summed E-state index contributed by atoms with van der Waals surface area (Å²) < 4.78 is 56.4. The van der Waals surface area contributed by atoms with E-state index in [1.54, 1.807) is 0 Å². The molecule has 0 aromatic rings. The van der Waals surface area contributed by atoms with Crippen LogP contribution in [0.5, 0.6) is 0 Å². The average molecular weight is 162 g/mol. The van der Waals surface area contributed by atoms with Gasteiger partial charge in [0.25, 0.3) is 0 Å². The van der Waals surface area contributed by atoms with Gasteiger partial charge in [-0.15, -0.1) is 0 Å². The molecule has 0 heterocycles. The molecule has 0 unspecified atom stereocenters. The number of hydrogen-bond donors (Lipinski definition) is 1. The summed E-state index contributed by atoms with van der Waals surface area (Å²) in [6.45, 7) is -1.58. The van der Waals surface area contributed by atoms with Gasteiger partial charge in [-0.1, -0.05) is 0 Å². The van der Waals surface area contributed by atoms with Crippen LogP contribution in [0.1, 0.15) is 0 Å². The Labute approximate surface area is 52.8 Å². The molecule has 6 heteroatoms. The molecule has 0 spiro atoms. The minimum Gasteiger partial charge on any atom is -0.389 e. The van der Waals surface area contributed by atoms with Crippen molar-refractivity contribution < 1.29 is 27.1 Å². The lowest BCUT2D eigenvalue weighted by Gasteiger charge is -2.02. The highest BCUT2D eigenvalue weighted by atomic mass is 19.4. The van der Waals surface area contributed by atoms with Crippen LogP contribution in [0.15, 0.2) is 11.7 Å². The second-order valence-electron chi connectivity index (χ2n) is 1.37. The molecule has 1 nitrogen and oxygen atoms in total. The van der Waals surface area contributed by atoms with Crippen molar-refractivity contribution in [1.29, 1.82) is 0 Å². The predicted molar refractivity (Wildman–Crippen MR) is 22.4 cm³/mol. The Morgan fingerprint density at radius 2 is 1.60 bits per heavy atom. The number of hydrogen-bond acceptors (Lipinski definition) is 1. The van der Waals surface area contributed by atoms with Gasteiger partial charge >= 0.3 is 6.18 Å². The summed E-state index contributed by atoms with van der Waals surface area (Å²) in [7, 11) is 0. The maximum absolute atomic E-state index is 11.6. The molecule has 60 valence electrons. The van der Waals surface area contributed by atoms with E-state index >= 15 is 0 Å². The molecule has 0 rings (SSSR count). The van der Waals surface area contributed by atoms with Crippen LogP contribution in [0.25, 0.3) is 0 Å². The number of rotatable bonds is 1. The van der Waals surface area contributed by atoms with E-state index < -0.39 is 24.4 Å². The summed E-state index contributed by atoms with van der Waals surface area (Å²) in [6.07, 6.45) is -5.34. The summed E-state index contributed by atoms with van der Waals surface area (Å²) >= 11 is 0. The summed E-state index contributed by atoms with van der Waals surface area (Å²) in [5, 5.41) is 7.70. The van der Waals surface area contributed by atoms with Gasteiger partial charge in [-0.3, -0.25) is 0 Å². The van der Waals surface area contributed by atoms with Crippen molar-refractivity contribution >= 4 is 0 Å². The molecule has 0 aromatic heterocycles. The minimum atomic E-state index is -5.34. The van der Waals surface area contributed by atoms with Crippen molar-refractivity contribution in [3.8, 4) is 0 Å². The third-order valence-electron chi connectivity index (χ3n) is 0.626. The Morgan fingerprint density at radius 3 is 1.70 bits per heavy atom. The fraction of sp³-hybridized carbons (Fsp3) is 0.500. The lowest BCUT2D eigenvalue weighted by Crippen LogP contribution is -2.10. The van der Waals surface area contributed by atoms with Crippen LogP contribution in [0.2, 0.25) is 0 Å². The first-order valence-corrected chi connectivity index (χ1v) is 2.11. The van der Waals surface area contributed by atoms with Crippen LogP contribution in [0.4, 0.5) is 22.0 Å². The van der Waals surface area contributed by atoms with Crippen molar-refractivity contribution in [3.63, 3.8) is 0 Å². The van der Waals surface area contributed by atoms with Crippen LogP contribution in [-0.4, -0.2) is 17.9 Å². The molecule has 0 aliphatic carbocycles. The third kappa shape index (κ3) is 2.30. The second kappa shape index (κ2) is 2.96. The molecule has 0 bridgehead atoms. The molecule has 10 heavy (non-hydrogen) atoms. The molecule has 0 aromatic carbocycles. The van der Waals surface area contributed by atoms with Crippen LogP contribution in [0, 0.1) is 0 Å². The SMILES string of the molecule is OC/C(F)=C(\F)C(F)(F)F. The average Bonchev–Trinajstić information content (AvgIpc) is 1.83. The topological polar surface area (TPSA) is 20.2 Å². The molecule has 0 saturated carbocycles. The van der Waals surface area contributed by atoms with Gasteiger partial charge in [0.05, 0.1) is 6.61 Å².